The first-order chi connectivity index (χ1) is 9.41. The van der Waals surface area contributed by atoms with E-state index in [1.54, 1.807) is 13.8 Å². The van der Waals surface area contributed by atoms with Crippen LogP contribution in [0.15, 0.2) is 12.1 Å². The van der Waals surface area contributed by atoms with Crippen molar-refractivity contribution in [1.82, 2.24) is 0 Å². The van der Waals surface area contributed by atoms with Crippen molar-refractivity contribution < 1.29 is 13.9 Å². The number of carbonyl (C=O) groups is 1. The van der Waals surface area contributed by atoms with Gasteiger partial charge >= 0.3 is 0 Å². The minimum absolute atomic E-state index is 0.110. The largest absolute Gasteiger partial charge is 0.376 e. The lowest BCUT2D eigenvalue weighted by atomic mass is 9.84. The summed E-state index contributed by atoms with van der Waals surface area (Å²) in [6.07, 6.45) is 1.72. The molecule has 2 heterocycles. The third kappa shape index (κ3) is 1.93. The van der Waals surface area contributed by atoms with Gasteiger partial charge < -0.3 is 15.8 Å². The Hall–Kier alpha value is -1.46. The van der Waals surface area contributed by atoms with Crippen LogP contribution in [0.3, 0.4) is 0 Å². The van der Waals surface area contributed by atoms with Crippen molar-refractivity contribution in [1.29, 1.82) is 0 Å². The van der Waals surface area contributed by atoms with E-state index >= 15 is 0 Å². The first kappa shape index (κ1) is 13.5. The maximum atomic E-state index is 13.9. The fourth-order valence-electron chi connectivity index (χ4n) is 3.00. The summed E-state index contributed by atoms with van der Waals surface area (Å²) in [5, 5.41) is 2.85. The highest BCUT2D eigenvalue weighted by molar-refractivity contribution is 6.06. The lowest BCUT2D eigenvalue weighted by Gasteiger charge is -2.22. The number of carbonyl (C=O) groups excluding carboxylic acids is 1. The highest BCUT2D eigenvalue weighted by Gasteiger charge is 2.41. The van der Waals surface area contributed by atoms with E-state index in [4.69, 9.17) is 10.5 Å². The van der Waals surface area contributed by atoms with Gasteiger partial charge in [-0.1, -0.05) is 0 Å². The molecule has 0 aromatic heterocycles. The molecule has 1 saturated heterocycles. The Kier molecular flexibility index (Phi) is 3.06. The molecule has 0 aliphatic carbocycles. The summed E-state index contributed by atoms with van der Waals surface area (Å²) in [7, 11) is 0. The minimum atomic E-state index is -0.734. The van der Waals surface area contributed by atoms with Gasteiger partial charge in [0.1, 0.15) is 5.82 Å². The summed E-state index contributed by atoms with van der Waals surface area (Å²) in [6, 6.07) is 2.40. The van der Waals surface area contributed by atoms with E-state index in [-0.39, 0.29) is 17.8 Å². The molecule has 2 aliphatic heterocycles. The Morgan fingerprint density at radius 1 is 1.50 bits per heavy atom. The van der Waals surface area contributed by atoms with E-state index in [2.05, 4.69) is 5.32 Å². The zero-order chi connectivity index (χ0) is 14.5. The Labute approximate surface area is 117 Å². The number of nitrogens with one attached hydrogen (secondary N) is 1. The quantitative estimate of drug-likeness (QED) is 0.872. The molecular weight excluding hydrogens is 259 g/mol. The van der Waals surface area contributed by atoms with Crippen LogP contribution in [-0.2, 0) is 14.9 Å². The van der Waals surface area contributed by atoms with E-state index in [0.29, 0.717) is 23.4 Å². The van der Waals surface area contributed by atoms with E-state index in [0.717, 1.165) is 12.8 Å². The summed E-state index contributed by atoms with van der Waals surface area (Å²) < 4.78 is 19.5. The lowest BCUT2D eigenvalue weighted by Crippen LogP contribution is -2.27. The number of hydrogen-bond acceptors (Lipinski definition) is 3. The van der Waals surface area contributed by atoms with Crippen LogP contribution < -0.4 is 11.1 Å². The molecule has 1 aromatic rings. The van der Waals surface area contributed by atoms with Gasteiger partial charge in [0.2, 0.25) is 5.91 Å². The second kappa shape index (κ2) is 4.53. The molecule has 0 saturated carbocycles. The number of nitrogens with two attached hydrogens (primary N) is 1. The van der Waals surface area contributed by atoms with Gasteiger partial charge in [0, 0.05) is 6.61 Å². The summed E-state index contributed by atoms with van der Waals surface area (Å²) in [5.41, 5.74) is 7.46. The summed E-state index contributed by atoms with van der Waals surface area (Å²) in [4.78, 5) is 12.1. The third-order valence-electron chi connectivity index (χ3n) is 4.34. The molecule has 0 spiro atoms. The monoisotopic (exact) mass is 278 g/mol. The average Bonchev–Trinajstić information content (AvgIpc) is 2.99. The van der Waals surface area contributed by atoms with Crippen molar-refractivity contribution in [2.24, 2.45) is 5.73 Å². The highest BCUT2D eigenvalue weighted by atomic mass is 19.1. The molecule has 0 radical (unpaired) electrons. The first-order valence-electron chi connectivity index (χ1n) is 6.94. The summed E-state index contributed by atoms with van der Waals surface area (Å²) in [5.74, 6) is -0.490. The van der Waals surface area contributed by atoms with Crippen LogP contribution in [0.25, 0.3) is 0 Å². The van der Waals surface area contributed by atoms with Crippen molar-refractivity contribution in [3.8, 4) is 0 Å². The number of rotatable bonds is 2. The zero-order valence-electron chi connectivity index (χ0n) is 11.7. The molecule has 2 aliphatic rings. The fraction of sp³-hybridized carbons (Fsp3) is 0.533. The number of ether oxygens (including phenoxy) is 1. The van der Waals surface area contributed by atoms with Gasteiger partial charge in [0.05, 0.1) is 23.2 Å². The normalized spacial score (nSPS) is 25.4. The summed E-state index contributed by atoms with van der Waals surface area (Å²) in [6.45, 7) is 4.26. The molecule has 1 fully saturated rings. The Morgan fingerprint density at radius 3 is 2.90 bits per heavy atom. The molecule has 1 aromatic carbocycles. The third-order valence-corrected chi connectivity index (χ3v) is 4.34. The Balaban J connectivity index is 2.07. The molecule has 20 heavy (non-hydrogen) atoms. The summed E-state index contributed by atoms with van der Waals surface area (Å²) >= 11 is 0. The van der Waals surface area contributed by atoms with Crippen molar-refractivity contribution >= 4 is 11.6 Å². The number of anilines is 1. The van der Waals surface area contributed by atoms with E-state index in [1.165, 1.54) is 12.1 Å². The van der Waals surface area contributed by atoms with Crippen LogP contribution in [-0.4, -0.2) is 18.6 Å². The number of hydrogen-bond donors (Lipinski definition) is 2. The minimum Gasteiger partial charge on any atom is -0.376 e. The predicted octanol–water partition coefficient (Wildman–Crippen LogP) is 2.23. The van der Waals surface area contributed by atoms with E-state index < -0.39 is 11.5 Å². The average molecular weight is 278 g/mol. The van der Waals surface area contributed by atoms with Crippen molar-refractivity contribution in [3.05, 3.63) is 29.1 Å². The molecule has 3 N–H and O–H groups in total. The van der Waals surface area contributed by atoms with Gasteiger partial charge in [-0.3, -0.25) is 4.79 Å². The van der Waals surface area contributed by atoms with Crippen molar-refractivity contribution in [3.63, 3.8) is 0 Å². The molecule has 2 unspecified atom stereocenters. The van der Waals surface area contributed by atoms with Gasteiger partial charge in [-0.05, 0) is 49.9 Å². The number of halogens is 1. The number of benzene rings is 1. The topological polar surface area (TPSA) is 64.4 Å². The van der Waals surface area contributed by atoms with Crippen molar-refractivity contribution in [2.75, 3.05) is 11.9 Å². The Morgan fingerprint density at radius 2 is 2.25 bits per heavy atom. The fourth-order valence-corrected chi connectivity index (χ4v) is 3.00. The standard InChI is InChI=1S/C15H19FN2O2/c1-15(2)10-7-8(16)6-9(13(10)18-14(15)19)12(17)11-4-3-5-20-11/h6-7,11-12H,3-5,17H2,1-2H3,(H,18,19). The lowest BCUT2D eigenvalue weighted by molar-refractivity contribution is -0.119. The van der Waals surface area contributed by atoms with Crippen LogP contribution in [0.4, 0.5) is 10.1 Å². The smallest absolute Gasteiger partial charge is 0.234 e. The predicted molar refractivity (Wildman–Crippen MR) is 74.0 cm³/mol. The zero-order valence-corrected chi connectivity index (χ0v) is 11.7. The second-order valence-corrected chi connectivity index (χ2v) is 6.07. The maximum Gasteiger partial charge on any atom is 0.234 e. The van der Waals surface area contributed by atoms with Crippen LogP contribution in [0.5, 0.6) is 0 Å². The first-order valence-corrected chi connectivity index (χ1v) is 6.94. The van der Waals surface area contributed by atoms with Gasteiger partial charge in [-0.25, -0.2) is 4.39 Å². The van der Waals surface area contributed by atoms with Crippen molar-refractivity contribution in [2.45, 2.75) is 44.2 Å². The molecule has 3 rings (SSSR count). The number of fused-ring (bicyclic) bond motifs is 1. The number of amides is 1. The highest BCUT2D eigenvalue weighted by Crippen LogP contribution is 2.42. The molecular formula is C15H19FN2O2. The molecule has 0 bridgehead atoms. The Bertz CT molecular complexity index is 565. The van der Waals surface area contributed by atoms with E-state index in [9.17, 15) is 9.18 Å². The van der Waals surface area contributed by atoms with Crippen LogP contribution in [0.2, 0.25) is 0 Å². The van der Waals surface area contributed by atoms with Gasteiger partial charge in [0.25, 0.3) is 0 Å². The van der Waals surface area contributed by atoms with Crippen LogP contribution in [0, 0.1) is 5.82 Å². The van der Waals surface area contributed by atoms with Gasteiger partial charge in [-0.2, -0.15) is 0 Å². The molecule has 5 heteroatoms. The molecule has 1 amide bonds. The SMILES string of the molecule is CC1(C)C(=O)Nc2c(C(N)C3CCCO3)cc(F)cc21. The second-order valence-electron chi connectivity index (χ2n) is 6.07. The van der Waals surface area contributed by atoms with Gasteiger partial charge in [-0.15, -0.1) is 0 Å². The van der Waals surface area contributed by atoms with Gasteiger partial charge in [0.15, 0.2) is 0 Å². The maximum absolute atomic E-state index is 13.9. The molecule has 108 valence electrons. The van der Waals surface area contributed by atoms with E-state index in [1.807, 2.05) is 0 Å². The molecule has 4 nitrogen and oxygen atoms in total. The van der Waals surface area contributed by atoms with Crippen LogP contribution in [0.1, 0.15) is 43.9 Å². The van der Waals surface area contributed by atoms with Crippen LogP contribution >= 0.6 is 0 Å². The molecule has 2 atom stereocenters.